The predicted octanol–water partition coefficient (Wildman–Crippen LogP) is 2.48. The lowest BCUT2D eigenvalue weighted by Crippen LogP contribution is -2.36. The Morgan fingerprint density at radius 3 is 2.67 bits per heavy atom. The molecule has 2 atom stereocenters. The first-order chi connectivity index (χ1) is 8.63. The lowest BCUT2D eigenvalue weighted by atomic mass is 10.0. The van der Waals surface area contributed by atoms with Crippen LogP contribution in [0.4, 0.5) is 5.69 Å². The molecule has 3 heteroatoms. The molecule has 18 heavy (non-hydrogen) atoms. The molecule has 0 radical (unpaired) electrons. The zero-order chi connectivity index (χ0) is 13.1. The third kappa shape index (κ3) is 2.56. The van der Waals surface area contributed by atoms with Crippen LogP contribution in [0.25, 0.3) is 0 Å². The molecule has 0 spiro atoms. The molecule has 1 aliphatic rings. The highest BCUT2D eigenvalue weighted by molar-refractivity contribution is 5.95. The fourth-order valence-corrected chi connectivity index (χ4v) is 2.77. The van der Waals surface area contributed by atoms with Crippen molar-refractivity contribution in [3.05, 3.63) is 29.8 Å². The van der Waals surface area contributed by atoms with Crippen LogP contribution in [0.5, 0.6) is 0 Å². The maximum Gasteiger partial charge on any atom is 0.230 e. The minimum atomic E-state index is 0.111. The van der Waals surface area contributed by atoms with Gasteiger partial charge in [-0.1, -0.05) is 18.2 Å². The SMILES string of the molecule is CCN(C(=O)C1CCC(N)C1)c1ccccc1C. The fraction of sp³-hybridized carbons (Fsp3) is 0.533. The second-order valence-corrected chi connectivity index (χ2v) is 5.14. The van der Waals surface area contributed by atoms with E-state index in [1.54, 1.807) is 0 Å². The highest BCUT2D eigenvalue weighted by Crippen LogP contribution is 2.29. The topological polar surface area (TPSA) is 46.3 Å². The summed E-state index contributed by atoms with van der Waals surface area (Å²) in [7, 11) is 0. The number of rotatable bonds is 3. The Bertz CT molecular complexity index is 430. The monoisotopic (exact) mass is 246 g/mol. The zero-order valence-corrected chi connectivity index (χ0v) is 11.2. The number of nitrogens with zero attached hydrogens (tertiary/aromatic N) is 1. The third-order valence-electron chi connectivity index (χ3n) is 3.81. The molecule has 98 valence electrons. The van der Waals surface area contributed by atoms with Gasteiger partial charge in [0, 0.05) is 24.2 Å². The standard InChI is InChI=1S/C15H22N2O/c1-3-17(14-7-5-4-6-11(14)2)15(18)12-8-9-13(16)10-12/h4-7,12-13H,3,8-10,16H2,1-2H3. The number of carbonyl (C=O) groups is 1. The van der Waals surface area contributed by atoms with Crippen LogP contribution in [0.1, 0.15) is 31.7 Å². The van der Waals surface area contributed by atoms with Crippen LogP contribution >= 0.6 is 0 Å². The van der Waals surface area contributed by atoms with Crippen molar-refractivity contribution in [2.24, 2.45) is 11.7 Å². The highest BCUT2D eigenvalue weighted by Gasteiger charge is 2.31. The average Bonchev–Trinajstić information content (AvgIpc) is 2.79. The fourth-order valence-electron chi connectivity index (χ4n) is 2.77. The number of anilines is 1. The normalized spacial score (nSPS) is 23.1. The Kier molecular flexibility index (Phi) is 4.02. The van der Waals surface area contributed by atoms with Gasteiger partial charge in [0.1, 0.15) is 0 Å². The molecule has 0 heterocycles. The van der Waals surface area contributed by atoms with Crippen molar-refractivity contribution in [2.75, 3.05) is 11.4 Å². The van der Waals surface area contributed by atoms with Gasteiger partial charge in [0.05, 0.1) is 0 Å². The number of amides is 1. The molecule has 2 rings (SSSR count). The van der Waals surface area contributed by atoms with Crippen LogP contribution in [-0.2, 0) is 4.79 Å². The number of carbonyl (C=O) groups excluding carboxylic acids is 1. The largest absolute Gasteiger partial charge is 0.328 e. The van der Waals surface area contributed by atoms with Crippen LogP contribution < -0.4 is 10.6 Å². The molecule has 0 saturated heterocycles. The van der Waals surface area contributed by atoms with E-state index in [0.29, 0.717) is 0 Å². The molecular formula is C15H22N2O. The quantitative estimate of drug-likeness (QED) is 0.890. The maximum absolute atomic E-state index is 12.5. The second-order valence-electron chi connectivity index (χ2n) is 5.14. The lowest BCUT2D eigenvalue weighted by molar-refractivity contribution is -0.122. The highest BCUT2D eigenvalue weighted by atomic mass is 16.2. The molecule has 1 aromatic rings. The van der Waals surface area contributed by atoms with Gasteiger partial charge in [0.25, 0.3) is 0 Å². The maximum atomic E-state index is 12.5. The minimum Gasteiger partial charge on any atom is -0.328 e. The van der Waals surface area contributed by atoms with Crippen molar-refractivity contribution in [2.45, 2.75) is 39.2 Å². The van der Waals surface area contributed by atoms with E-state index in [9.17, 15) is 4.79 Å². The number of hydrogen-bond donors (Lipinski definition) is 1. The summed E-state index contributed by atoms with van der Waals surface area (Å²) in [5, 5.41) is 0. The van der Waals surface area contributed by atoms with Crippen molar-refractivity contribution in [3.63, 3.8) is 0 Å². The molecule has 2 N–H and O–H groups in total. The van der Waals surface area contributed by atoms with E-state index in [-0.39, 0.29) is 17.9 Å². The Hall–Kier alpha value is -1.35. The number of aryl methyl sites for hydroxylation is 1. The van der Waals surface area contributed by atoms with Crippen molar-refractivity contribution in [1.29, 1.82) is 0 Å². The van der Waals surface area contributed by atoms with Gasteiger partial charge >= 0.3 is 0 Å². The minimum absolute atomic E-state index is 0.111. The van der Waals surface area contributed by atoms with Gasteiger partial charge in [-0.05, 0) is 44.7 Å². The summed E-state index contributed by atoms with van der Waals surface area (Å²) in [5.74, 6) is 0.347. The van der Waals surface area contributed by atoms with Gasteiger partial charge in [-0.3, -0.25) is 4.79 Å². The van der Waals surface area contributed by atoms with Gasteiger partial charge < -0.3 is 10.6 Å². The molecular weight excluding hydrogens is 224 g/mol. The average molecular weight is 246 g/mol. The van der Waals surface area contributed by atoms with Crippen LogP contribution in [-0.4, -0.2) is 18.5 Å². The van der Waals surface area contributed by atoms with E-state index >= 15 is 0 Å². The summed E-state index contributed by atoms with van der Waals surface area (Å²) in [5.41, 5.74) is 8.08. The summed E-state index contributed by atoms with van der Waals surface area (Å²) < 4.78 is 0. The van der Waals surface area contributed by atoms with Crippen molar-refractivity contribution in [3.8, 4) is 0 Å². The Balaban J connectivity index is 2.19. The van der Waals surface area contributed by atoms with E-state index in [2.05, 4.69) is 0 Å². The number of benzene rings is 1. The smallest absolute Gasteiger partial charge is 0.230 e. The van der Waals surface area contributed by atoms with Crippen molar-refractivity contribution >= 4 is 11.6 Å². The summed E-state index contributed by atoms with van der Waals surface area (Å²) in [6.45, 7) is 4.79. The summed E-state index contributed by atoms with van der Waals surface area (Å²) in [6.07, 6.45) is 2.74. The third-order valence-corrected chi connectivity index (χ3v) is 3.81. The van der Waals surface area contributed by atoms with Gasteiger partial charge in [0.2, 0.25) is 5.91 Å². The first-order valence-electron chi connectivity index (χ1n) is 6.76. The zero-order valence-electron chi connectivity index (χ0n) is 11.2. The number of nitrogens with two attached hydrogens (primary N) is 1. The van der Waals surface area contributed by atoms with Gasteiger partial charge in [-0.25, -0.2) is 0 Å². The molecule has 1 aliphatic carbocycles. The summed E-state index contributed by atoms with van der Waals surface area (Å²) >= 11 is 0. The van der Waals surface area contributed by atoms with Crippen molar-refractivity contribution in [1.82, 2.24) is 0 Å². The molecule has 0 aliphatic heterocycles. The molecule has 1 fully saturated rings. The Morgan fingerprint density at radius 2 is 2.11 bits per heavy atom. The second kappa shape index (κ2) is 5.53. The van der Waals surface area contributed by atoms with Gasteiger partial charge in [-0.15, -0.1) is 0 Å². The van der Waals surface area contributed by atoms with Crippen LogP contribution in [0.15, 0.2) is 24.3 Å². The number of hydrogen-bond acceptors (Lipinski definition) is 2. The molecule has 0 aromatic heterocycles. The Labute approximate surface area is 109 Å². The van der Waals surface area contributed by atoms with Crippen molar-refractivity contribution < 1.29 is 4.79 Å². The van der Waals surface area contributed by atoms with E-state index in [4.69, 9.17) is 5.73 Å². The molecule has 1 aromatic carbocycles. The summed E-state index contributed by atoms with van der Waals surface area (Å²) in [4.78, 5) is 14.4. The van der Waals surface area contributed by atoms with Crippen LogP contribution in [0.3, 0.4) is 0 Å². The Morgan fingerprint density at radius 1 is 1.39 bits per heavy atom. The molecule has 1 amide bonds. The summed E-state index contributed by atoms with van der Waals surface area (Å²) in [6, 6.07) is 8.26. The van der Waals surface area contributed by atoms with Crippen LogP contribution in [0.2, 0.25) is 0 Å². The molecule has 0 bridgehead atoms. The molecule has 1 saturated carbocycles. The first-order valence-corrected chi connectivity index (χ1v) is 6.76. The van der Waals surface area contributed by atoms with E-state index in [1.807, 2.05) is 43.0 Å². The van der Waals surface area contributed by atoms with E-state index < -0.39 is 0 Å². The first kappa shape index (κ1) is 13.1. The lowest BCUT2D eigenvalue weighted by Gasteiger charge is -2.26. The predicted molar refractivity (Wildman–Crippen MR) is 74.5 cm³/mol. The molecule has 2 unspecified atom stereocenters. The van der Waals surface area contributed by atoms with Gasteiger partial charge in [0.15, 0.2) is 0 Å². The number of para-hydroxylation sites is 1. The van der Waals surface area contributed by atoms with Gasteiger partial charge in [-0.2, -0.15) is 0 Å². The van der Waals surface area contributed by atoms with E-state index in [0.717, 1.165) is 37.1 Å². The van der Waals surface area contributed by atoms with E-state index in [1.165, 1.54) is 0 Å². The molecule has 3 nitrogen and oxygen atoms in total. The van der Waals surface area contributed by atoms with Crippen LogP contribution in [0, 0.1) is 12.8 Å².